The van der Waals surface area contributed by atoms with Crippen molar-refractivity contribution in [2.45, 2.75) is 123 Å². The summed E-state index contributed by atoms with van der Waals surface area (Å²) in [6.07, 6.45) is 10.1. The number of rotatable bonds is 19. The SMILES string of the molecule is CCCCCCCCCCC[N+](C(CC)C(=O)[O-])(C(CC)C(=O)O)C(CC)C(=O)O. The van der Waals surface area contributed by atoms with Crippen molar-refractivity contribution in [3.8, 4) is 0 Å². The lowest BCUT2D eigenvalue weighted by Gasteiger charge is -2.51. The first-order chi connectivity index (χ1) is 14.2. The van der Waals surface area contributed by atoms with E-state index in [-0.39, 0.29) is 25.8 Å². The van der Waals surface area contributed by atoms with Gasteiger partial charge in [0.15, 0.2) is 12.1 Å². The maximum absolute atomic E-state index is 12.1. The molecule has 0 rings (SSSR count). The molecule has 3 unspecified atom stereocenters. The number of carbonyl (C=O) groups is 3. The molecule has 30 heavy (non-hydrogen) atoms. The predicted octanol–water partition coefficient (Wildman–Crippen LogP) is 3.59. The molecule has 0 spiro atoms. The highest BCUT2D eigenvalue weighted by Gasteiger charge is 2.53. The van der Waals surface area contributed by atoms with Crippen molar-refractivity contribution < 1.29 is 34.2 Å². The van der Waals surface area contributed by atoms with Crippen molar-refractivity contribution >= 4 is 17.9 Å². The third-order valence-corrected chi connectivity index (χ3v) is 6.39. The molecule has 0 fully saturated rings. The minimum Gasteiger partial charge on any atom is -0.544 e. The van der Waals surface area contributed by atoms with Gasteiger partial charge in [0.05, 0.1) is 12.5 Å². The van der Waals surface area contributed by atoms with E-state index >= 15 is 0 Å². The van der Waals surface area contributed by atoms with Crippen molar-refractivity contribution in [3.05, 3.63) is 0 Å². The Balaban J connectivity index is 5.55. The Morgan fingerprint density at radius 3 is 1.33 bits per heavy atom. The number of nitrogens with zero attached hydrogens (tertiary/aromatic N) is 1. The second kappa shape index (κ2) is 15.2. The summed E-state index contributed by atoms with van der Waals surface area (Å²) >= 11 is 0. The van der Waals surface area contributed by atoms with Crippen molar-refractivity contribution in [3.63, 3.8) is 0 Å². The van der Waals surface area contributed by atoms with Crippen LogP contribution in [-0.2, 0) is 14.4 Å². The maximum Gasteiger partial charge on any atom is 0.362 e. The second-order valence-electron chi connectivity index (χ2n) is 8.31. The van der Waals surface area contributed by atoms with E-state index in [0.717, 1.165) is 25.7 Å². The molecule has 0 bridgehead atoms. The van der Waals surface area contributed by atoms with Gasteiger partial charge in [-0.2, -0.15) is 0 Å². The summed E-state index contributed by atoms with van der Waals surface area (Å²) in [5.41, 5.74) is 0. The van der Waals surface area contributed by atoms with E-state index in [1.165, 1.54) is 25.7 Å². The zero-order valence-corrected chi connectivity index (χ0v) is 19.4. The average molecular weight is 430 g/mol. The molecular weight excluding hydrogens is 386 g/mol. The van der Waals surface area contributed by atoms with Gasteiger partial charge in [-0.1, -0.05) is 72.6 Å². The number of quaternary nitrogens is 1. The number of unbranched alkanes of at least 4 members (excludes halogenated alkanes) is 8. The second-order valence-corrected chi connectivity index (χ2v) is 8.31. The monoisotopic (exact) mass is 429 g/mol. The lowest BCUT2D eigenvalue weighted by atomic mass is 9.93. The Kier molecular flexibility index (Phi) is 14.4. The molecule has 0 amide bonds. The van der Waals surface area contributed by atoms with Gasteiger partial charge in [0, 0.05) is 19.3 Å². The van der Waals surface area contributed by atoms with E-state index in [1.54, 1.807) is 20.8 Å². The normalized spacial score (nSPS) is 16.4. The van der Waals surface area contributed by atoms with Crippen LogP contribution < -0.4 is 5.11 Å². The van der Waals surface area contributed by atoms with Gasteiger partial charge >= 0.3 is 11.9 Å². The van der Waals surface area contributed by atoms with Crippen molar-refractivity contribution in [1.82, 2.24) is 0 Å². The van der Waals surface area contributed by atoms with Crippen LogP contribution in [-0.4, -0.2) is 57.3 Å². The Morgan fingerprint density at radius 1 is 0.667 bits per heavy atom. The fraction of sp³-hybridized carbons (Fsp3) is 0.870. The van der Waals surface area contributed by atoms with Gasteiger partial charge in [-0.3, -0.25) is 4.48 Å². The van der Waals surface area contributed by atoms with E-state index in [9.17, 15) is 29.7 Å². The summed E-state index contributed by atoms with van der Waals surface area (Å²) in [7, 11) is 0. The van der Waals surface area contributed by atoms with Gasteiger partial charge in [0.25, 0.3) is 0 Å². The highest BCUT2D eigenvalue weighted by Crippen LogP contribution is 2.32. The molecule has 0 saturated heterocycles. The van der Waals surface area contributed by atoms with Crippen LogP contribution in [0.4, 0.5) is 0 Å². The number of hydrogen-bond acceptors (Lipinski definition) is 4. The molecule has 176 valence electrons. The Bertz CT molecular complexity index is 467. The van der Waals surface area contributed by atoms with Gasteiger partial charge in [-0.25, -0.2) is 9.59 Å². The Morgan fingerprint density at radius 2 is 1.03 bits per heavy atom. The minimum absolute atomic E-state index is 0.132. The highest BCUT2D eigenvalue weighted by molar-refractivity contribution is 5.77. The van der Waals surface area contributed by atoms with Crippen LogP contribution in [0.15, 0.2) is 0 Å². The van der Waals surface area contributed by atoms with Crippen molar-refractivity contribution in [2.75, 3.05) is 6.54 Å². The summed E-state index contributed by atoms with van der Waals surface area (Å²) in [6.45, 7) is 7.42. The average Bonchev–Trinajstić information content (AvgIpc) is 2.67. The molecule has 0 heterocycles. The summed E-state index contributed by atoms with van der Waals surface area (Å²) < 4.78 is -0.465. The van der Waals surface area contributed by atoms with E-state index in [1.807, 2.05) is 0 Å². The smallest absolute Gasteiger partial charge is 0.362 e. The molecule has 0 saturated carbocycles. The molecule has 0 aliphatic carbocycles. The molecule has 7 heteroatoms. The first-order valence-corrected chi connectivity index (χ1v) is 11.8. The maximum atomic E-state index is 12.1. The van der Waals surface area contributed by atoms with Crippen LogP contribution in [0.1, 0.15) is 105 Å². The lowest BCUT2D eigenvalue weighted by molar-refractivity contribution is -0.974. The molecule has 0 radical (unpaired) electrons. The van der Waals surface area contributed by atoms with Gasteiger partial charge in [-0.05, 0) is 12.8 Å². The molecule has 3 atom stereocenters. The van der Waals surface area contributed by atoms with Gasteiger partial charge < -0.3 is 20.1 Å². The Hall–Kier alpha value is -1.63. The minimum atomic E-state index is -1.37. The molecular formula is C23H43NO6. The van der Waals surface area contributed by atoms with Crippen LogP contribution in [0.3, 0.4) is 0 Å². The predicted molar refractivity (Wildman–Crippen MR) is 115 cm³/mol. The number of aliphatic carboxylic acids is 3. The van der Waals surface area contributed by atoms with Crippen LogP contribution in [0.5, 0.6) is 0 Å². The number of hydrogen-bond donors (Lipinski definition) is 2. The first kappa shape index (κ1) is 28.4. The summed E-state index contributed by atoms with van der Waals surface area (Å²) in [5, 5.41) is 31.8. The number of carboxylic acid groups (broad SMARTS) is 3. The van der Waals surface area contributed by atoms with E-state index in [2.05, 4.69) is 6.92 Å². The molecule has 0 aromatic carbocycles. The number of carbonyl (C=O) groups excluding carboxylic acids is 1. The quantitative estimate of drug-likeness (QED) is 0.239. The fourth-order valence-electron chi connectivity index (χ4n) is 4.96. The summed E-state index contributed by atoms with van der Waals surface area (Å²) in [4.78, 5) is 36.2. The highest BCUT2D eigenvalue weighted by atomic mass is 16.4. The van der Waals surface area contributed by atoms with Crippen LogP contribution in [0, 0.1) is 0 Å². The number of carboxylic acids is 3. The fourth-order valence-corrected chi connectivity index (χ4v) is 4.96. The molecule has 0 aromatic rings. The molecule has 2 N–H and O–H groups in total. The molecule has 0 aliphatic rings. The van der Waals surface area contributed by atoms with Crippen LogP contribution in [0.25, 0.3) is 0 Å². The molecule has 0 aromatic heterocycles. The van der Waals surface area contributed by atoms with E-state index in [4.69, 9.17) is 0 Å². The Labute approximate surface area is 182 Å². The standard InChI is InChI=1S/C23H43NO6/c1-5-9-10-11-12-13-14-15-16-17-24(18(6-2)21(25)26,19(7-3)22(27)28)20(8-4)23(29)30/h18-20H,5-17H2,1-4H3,(H2-,25,26,27,28,29,30). The zero-order valence-electron chi connectivity index (χ0n) is 19.4. The first-order valence-electron chi connectivity index (χ1n) is 11.8. The van der Waals surface area contributed by atoms with Gasteiger partial charge in [0.2, 0.25) is 0 Å². The van der Waals surface area contributed by atoms with Crippen LogP contribution >= 0.6 is 0 Å². The van der Waals surface area contributed by atoms with Gasteiger partial charge in [-0.15, -0.1) is 0 Å². The lowest BCUT2D eigenvalue weighted by Crippen LogP contribution is -2.73. The van der Waals surface area contributed by atoms with Gasteiger partial charge in [0.1, 0.15) is 6.04 Å². The molecule has 7 nitrogen and oxygen atoms in total. The third kappa shape index (κ3) is 7.89. The van der Waals surface area contributed by atoms with Crippen molar-refractivity contribution in [2.24, 2.45) is 0 Å². The zero-order chi connectivity index (χ0) is 23.2. The largest absolute Gasteiger partial charge is 0.544 e. The summed E-state index contributed by atoms with van der Waals surface area (Å²) in [6, 6.07) is -3.35. The third-order valence-electron chi connectivity index (χ3n) is 6.39. The van der Waals surface area contributed by atoms with Crippen molar-refractivity contribution in [1.29, 1.82) is 0 Å². The van der Waals surface area contributed by atoms with E-state index < -0.39 is 40.5 Å². The topological polar surface area (TPSA) is 115 Å². The van der Waals surface area contributed by atoms with Crippen LogP contribution in [0.2, 0.25) is 0 Å². The molecule has 0 aliphatic heterocycles. The van der Waals surface area contributed by atoms with E-state index in [0.29, 0.717) is 6.42 Å². The summed E-state index contributed by atoms with van der Waals surface area (Å²) in [5.74, 6) is -3.66.